The van der Waals surface area contributed by atoms with E-state index in [2.05, 4.69) is 27.2 Å². The molecule has 0 saturated heterocycles. The number of anilines is 1. The summed E-state index contributed by atoms with van der Waals surface area (Å²) in [5.74, 6) is 0.534. The Bertz CT molecular complexity index is 375. The predicted molar refractivity (Wildman–Crippen MR) is 72.0 cm³/mol. The maximum Gasteiger partial charge on any atom is 0.358 e. The van der Waals surface area contributed by atoms with E-state index in [4.69, 9.17) is 5.11 Å². The van der Waals surface area contributed by atoms with Crippen molar-refractivity contribution in [2.75, 3.05) is 25.6 Å². The zero-order chi connectivity index (χ0) is 14.1. The molecule has 1 heterocycles. The molecule has 0 fully saturated rings. The number of aliphatic hydroxyl groups excluding tert-OH is 1. The molecule has 0 aliphatic carbocycles. The molecule has 0 amide bonds. The predicted octanol–water partition coefficient (Wildman–Crippen LogP) is 1.47. The third-order valence-electron chi connectivity index (χ3n) is 2.87. The number of aromatic nitrogens is 2. The zero-order valence-electron chi connectivity index (χ0n) is 11.4. The Labute approximate surface area is 113 Å². The molecule has 1 rings (SSSR count). The lowest BCUT2D eigenvalue weighted by Crippen LogP contribution is -2.17. The maximum absolute atomic E-state index is 11.2. The smallest absolute Gasteiger partial charge is 0.358 e. The lowest BCUT2D eigenvalue weighted by Gasteiger charge is -2.15. The van der Waals surface area contributed by atoms with E-state index >= 15 is 0 Å². The van der Waals surface area contributed by atoms with Gasteiger partial charge in [-0.25, -0.2) is 4.79 Å². The highest BCUT2D eigenvalue weighted by molar-refractivity contribution is 5.86. The first kappa shape index (κ1) is 15.4. The summed E-state index contributed by atoms with van der Waals surface area (Å²) in [7, 11) is 1.31. The summed E-state index contributed by atoms with van der Waals surface area (Å²) in [6.07, 6.45) is 2.91. The minimum Gasteiger partial charge on any atom is -0.464 e. The van der Waals surface area contributed by atoms with E-state index in [1.165, 1.54) is 7.11 Å². The summed E-state index contributed by atoms with van der Waals surface area (Å²) in [5.41, 5.74) is 0.188. The molecule has 0 saturated carbocycles. The van der Waals surface area contributed by atoms with Crippen LogP contribution in [0.15, 0.2) is 12.1 Å². The van der Waals surface area contributed by atoms with Gasteiger partial charge in [0.2, 0.25) is 0 Å². The van der Waals surface area contributed by atoms with Gasteiger partial charge in [0.25, 0.3) is 0 Å². The summed E-state index contributed by atoms with van der Waals surface area (Å²) in [5, 5.41) is 19.8. The quantitative estimate of drug-likeness (QED) is 0.694. The highest BCUT2D eigenvalue weighted by Crippen LogP contribution is 2.12. The molecule has 0 aromatic carbocycles. The Kier molecular flexibility index (Phi) is 6.81. The minimum absolute atomic E-state index is 0.188. The standard InChI is InChI=1S/C13H21N3O3/c1-3-4-10(7-8-17)9-14-12-6-5-11(15-16-12)13(18)19-2/h5-6,10,17H,3-4,7-9H2,1-2H3,(H,14,16). The average molecular weight is 267 g/mol. The van der Waals surface area contributed by atoms with Crippen LogP contribution >= 0.6 is 0 Å². The van der Waals surface area contributed by atoms with Crippen molar-refractivity contribution >= 4 is 11.8 Å². The maximum atomic E-state index is 11.2. The molecule has 0 radical (unpaired) electrons. The van der Waals surface area contributed by atoms with Gasteiger partial charge in [-0.1, -0.05) is 13.3 Å². The summed E-state index contributed by atoms with van der Waals surface area (Å²) in [6.45, 7) is 3.05. The van der Waals surface area contributed by atoms with Crippen molar-refractivity contribution in [3.8, 4) is 0 Å². The highest BCUT2D eigenvalue weighted by Gasteiger charge is 2.09. The topological polar surface area (TPSA) is 84.3 Å². The van der Waals surface area contributed by atoms with Crippen LogP contribution in [0.5, 0.6) is 0 Å². The molecule has 0 aliphatic heterocycles. The van der Waals surface area contributed by atoms with Crippen molar-refractivity contribution in [3.63, 3.8) is 0 Å². The van der Waals surface area contributed by atoms with Crippen LogP contribution in [-0.4, -0.2) is 41.5 Å². The molecule has 6 nitrogen and oxygen atoms in total. The van der Waals surface area contributed by atoms with E-state index in [-0.39, 0.29) is 12.3 Å². The number of rotatable bonds is 8. The number of ether oxygens (including phenoxy) is 1. The fourth-order valence-electron chi connectivity index (χ4n) is 1.83. The monoisotopic (exact) mass is 267 g/mol. The van der Waals surface area contributed by atoms with Crippen molar-refractivity contribution in [2.24, 2.45) is 5.92 Å². The number of methoxy groups -OCH3 is 1. The summed E-state index contributed by atoms with van der Waals surface area (Å²) in [6, 6.07) is 3.27. The van der Waals surface area contributed by atoms with Crippen LogP contribution in [0.3, 0.4) is 0 Å². The molecule has 1 aromatic rings. The van der Waals surface area contributed by atoms with Gasteiger partial charge >= 0.3 is 5.97 Å². The molecule has 1 unspecified atom stereocenters. The van der Waals surface area contributed by atoms with Gasteiger partial charge in [0.05, 0.1) is 7.11 Å². The van der Waals surface area contributed by atoms with Crippen LogP contribution in [0.25, 0.3) is 0 Å². The van der Waals surface area contributed by atoms with Gasteiger partial charge in [0, 0.05) is 13.2 Å². The second-order valence-electron chi connectivity index (χ2n) is 4.34. The molecule has 0 aliphatic rings. The Morgan fingerprint density at radius 3 is 2.74 bits per heavy atom. The van der Waals surface area contributed by atoms with Crippen molar-refractivity contribution in [2.45, 2.75) is 26.2 Å². The summed E-state index contributed by atoms with van der Waals surface area (Å²) in [4.78, 5) is 11.2. The normalized spacial score (nSPS) is 11.9. The Morgan fingerprint density at radius 1 is 1.42 bits per heavy atom. The third-order valence-corrected chi connectivity index (χ3v) is 2.87. The number of esters is 1. The fraction of sp³-hybridized carbons (Fsp3) is 0.615. The third kappa shape index (κ3) is 5.21. The van der Waals surface area contributed by atoms with Gasteiger partial charge in [0.1, 0.15) is 5.82 Å². The van der Waals surface area contributed by atoms with E-state index in [0.29, 0.717) is 11.7 Å². The van der Waals surface area contributed by atoms with E-state index in [1.807, 2.05) is 0 Å². The SMILES string of the molecule is CCCC(CCO)CNc1ccc(C(=O)OC)nn1. The first-order valence-electron chi connectivity index (χ1n) is 6.48. The molecular formula is C13H21N3O3. The second kappa shape index (κ2) is 8.42. The highest BCUT2D eigenvalue weighted by atomic mass is 16.5. The molecule has 1 aromatic heterocycles. The number of carbonyl (C=O) groups is 1. The Balaban J connectivity index is 2.50. The first-order chi connectivity index (χ1) is 9.21. The second-order valence-corrected chi connectivity index (χ2v) is 4.34. The lowest BCUT2D eigenvalue weighted by atomic mass is 10.0. The Morgan fingerprint density at radius 2 is 2.21 bits per heavy atom. The van der Waals surface area contributed by atoms with Crippen LogP contribution in [0, 0.1) is 5.92 Å². The molecule has 0 spiro atoms. The molecule has 2 N–H and O–H groups in total. The number of nitrogens with zero attached hydrogens (tertiary/aromatic N) is 2. The molecular weight excluding hydrogens is 246 g/mol. The van der Waals surface area contributed by atoms with Crippen LogP contribution in [-0.2, 0) is 4.74 Å². The van der Waals surface area contributed by atoms with Gasteiger partial charge < -0.3 is 15.2 Å². The average Bonchev–Trinajstić information content (AvgIpc) is 2.45. The van der Waals surface area contributed by atoms with Gasteiger partial charge in [0.15, 0.2) is 5.69 Å². The van der Waals surface area contributed by atoms with Crippen molar-refractivity contribution in [3.05, 3.63) is 17.8 Å². The van der Waals surface area contributed by atoms with E-state index in [9.17, 15) is 4.79 Å². The van der Waals surface area contributed by atoms with Crippen LogP contribution in [0.1, 0.15) is 36.7 Å². The van der Waals surface area contributed by atoms with E-state index in [1.54, 1.807) is 12.1 Å². The van der Waals surface area contributed by atoms with Gasteiger partial charge in [-0.05, 0) is 30.9 Å². The Hall–Kier alpha value is -1.69. The molecule has 1 atom stereocenters. The van der Waals surface area contributed by atoms with E-state index < -0.39 is 5.97 Å². The van der Waals surface area contributed by atoms with Crippen LogP contribution in [0.2, 0.25) is 0 Å². The number of hydrogen-bond acceptors (Lipinski definition) is 6. The van der Waals surface area contributed by atoms with Crippen molar-refractivity contribution in [1.82, 2.24) is 10.2 Å². The number of nitrogens with one attached hydrogen (secondary N) is 1. The van der Waals surface area contributed by atoms with Crippen LogP contribution in [0.4, 0.5) is 5.82 Å². The van der Waals surface area contributed by atoms with Gasteiger partial charge in [-0.2, -0.15) is 0 Å². The van der Waals surface area contributed by atoms with Gasteiger partial charge in [-0.15, -0.1) is 10.2 Å². The van der Waals surface area contributed by atoms with Gasteiger partial charge in [-0.3, -0.25) is 0 Å². The lowest BCUT2D eigenvalue weighted by molar-refractivity contribution is 0.0592. The first-order valence-corrected chi connectivity index (χ1v) is 6.48. The fourth-order valence-corrected chi connectivity index (χ4v) is 1.83. The summed E-state index contributed by atoms with van der Waals surface area (Å²) >= 11 is 0. The minimum atomic E-state index is -0.497. The van der Waals surface area contributed by atoms with Crippen molar-refractivity contribution < 1.29 is 14.6 Å². The van der Waals surface area contributed by atoms with Crippen molar-refractivity contribution in [1.29, 1.82) is 0 Å². The van der Waals surface area contributed by atoms with Crippen LogP contribution < -0.4 is 5.32 Å². The summed E-state index contributed by atoms with van der Waals surface area (Å²) < 4.78 is 4.55. The number of carbonyl (C=O) groups excluding carboxylic acids is 1. The number of aliphatic hydroxyl groups is 1. The molecule has 106 valence electrons. The molecule has 6 heteroatoms. The molecule has 0 bridgehead atoms. The largest absolute Gasteiger partial charge is 0.464 e. The number of hydrogen-bond donors (Lipinski definition) is 2. The zero-order valence-corrected chi connectivity index (χ0v) is 11.4. The van der Waals surface area contributed by atoms with E-state index in [0.717, 1.165) is 25.8 Å². The molecule has 19 heavy (non-hydrogen) atoms.